The van der Waals surface area contributed by atoms with Crippen LogP contribution in [0.3, 0.4) is 0 Å². The number of halogens is 3. The molecule has 1 amide bonds. The molecule has 2 aliphatic rings. The number of benzene rings is 1. The van der Waals surface area contributed by atoms with Crippen LogP contribution in [0.5, 0.6) is 0 Å². The molecule has 15 heteroatoms. The summed E-state index contributed by atoms with van der Waals surface area (Å²) < 4.78 is 72.0. The van der Waals surface area contributed by atoms with Crippen molar-refractivity contribution in [2.24, 2.45) is 11.8 Å². The highest BCUT2D eigenvalue weighted by molar-refractivity contribution is 7.91. The van der Waals surface area contributed by atoms with E-state index in [-0.39, 0.29) is 60.5 Å². The molecule has 1 atom stereocenters. The Bertz CT molecular complexity index is 1700. The number of thiazole rings is 1. The number of nitrogens with zero attached hydrogens (tertiary/aromatic N) is 4. The molecule has 1 aliphatic carbocycles. The largest absolute Gasteiger partial charge is 0.462 e. The number of ether oxygens (including phenoxy) is 1. The van der Waals surface area contributed by atoms with Crippen molar-refractivity contribution in [3.63, 3.8) is 0 Å². The molecular formula is C32H38F3N5O5S2. The van der Waals surface area contributed by atoms with Crippen LogP contribution in [0.15, 0.2) is 35.4 Å². The maximum absolute atomic E-state index is 13.9. The van der Waals surface area contributed by atoms with E-state index in [2.05, 4.69) is 20.3 Å². The van der Waals surface area contributed by atoms with Crippen molar-refractivity contribution in [3.8, 4) is 0 Å². The second-order valence-corrected chi connectivity index (χ2v) is 15.5. The number of sulfone groups is 1. The number of hydrogen-bond donors (Lipinski definition) is 1. The van der Waals surface area contributed by atoms with Gasteiger partial charge in [0.05, 0.1) is 35.9 Å². The second-order valence-electron chi connectivity index (χ2n) is 12.3. The molecule has 3 aromatic rings. The van der Waals surface area contributed by atoms with Gasteiger partial charge in [0.15, 0.2) is 20.7 Å². The van der Waals surface area contributed by atoms with Gasteiger partial charge < -0.3 is 15.0 Å². The first kappa shape index (κ1) is 34.7. The summed E-state index contributed by atoms with van der Waals surface area (Å²) in [6, 6.07) is 6.37. The highest BCUT2D eigenvalue weighted by Gasteiger charge is 2.40. The molecular weight excluding hydrogens is 656 g/mol. The Morgan fingerprint density at radius 2 is 1.83 bits per heavy atom. The Labute approximate surface area is 276 Å². The predicted octanol–water partition coefficient (Wildman–Crippen LogP) is 6.42. The first-order chi connectivity index (χ1) is 22.2. The molecule has 1 fully saturated rings. The molecule has 0 radical (unpaired) electrons. The number of fused-ring (bicyclic) bond motifs is 1. The van der Waals surface area contributed by atoms with Crippen molar-refractivity contribution in [3.05, 3.63) is 57.9 Å². The van der Waals surface area contributed by atoms with E-state index in [0.29, 0.717) is 23.0 Å². The average Bonchev–Trinajstić information content (AvgIpc) is 3.69. The fraction of sp³-hybridized carbons (Fsp3) is 0.531. The molecule has 1 saturated carbocycles. The smallest absolute Gasteiger partial charge is 0.434 e. The predicted molar refractivity (Wildman–Crippen MR) is 171 cm³/mol. The van der Waals surface area contributed by atoms with Crippen molar-refractivity contribution in [2.75, 3.05) is 29.1 Å². The summed E-state index contributed by atoms with van der Waals surface area (Å²) in [6.07, 6.45) is 1.13. The van der Waals surface area contributed by atoms with Gasteiger partial charge in [0.1, 0.15) is 5.56 Å². The molecule has 5 rings (SSSR count). The standard InChI is InChI=1S/C32H38F3N5O5S2/c1-4-45-29(42)23-16-36-30(39-28(23)32(33,34)35)40-17-24(19(2)3)27-25(18-40)46-31(38-27)37-26(41)15-21-9-11-22(12-10-21)47(43,44)14-13-20-7-5-6-8-20/h9-12,16,19-20,24H,4-8,13-15,17-18H2,1-3H3,(H,37,38,41). The van der Waals surface area contributed by atoms with E-state index in [0.717, 1.165) is 42.5 Å². The van der Waals surface area contributed by atoms with Gasteiger partial charge in [0, 0.05) is 23.5 Å². The van der Waals surface area contributed by atoms with E-state index in [1.807, 2.05) is 13.8 Å². The Kier molecular flexibility index (Phi) is 10.5. The third kappa shape index (κ3) is 8.29. The quantitative estimate of drug-likeness (QED) is 0.226. The molecule has 2 aromatic heterocycles. The molecule has 254 valence electrons. The zero-order valence-electron chi connectivity index (χ0n) is 26.5. The number of carbonyl (C=O) groups is 2. The summed E-state index contributed by atoms with van der Waals surface area (Å²) in [4.78, 5) is 40.2. The van der Waals surface area contributed by atoms with Crippen molar-refractivity contribution >= 4 is 44.1 Å². The minimum Gasteiger partial charge on any atom is -0.462 e. The van der Waals surface area contributed by atoms with Gasteiger partial charge in [0.2, 0.25) is 11.9 Å². The summed E-state index contributed by atoms with van der Waals surface area (Å²) in [6.45, 7) is 5.80. The zero-order chi connectivity index (χ0) is 33.9. The third-order valence-electron chi connectivity index (χ3n) is 8.62. The van der Waals surface area contributed by atoms with Crippen LogP contribution in [-0.4, -0.2) is 54.2 Å². The third-order valence-corrected chi connectivity index (χ3v) is 11.4. The number of nitrogens with one attached hydrogen (secondary N) is 1. The van der Waals surface area contributed by atoms with Gasteiger partial charge in [-0.3, -0.25) is 4.79 Å². The van der Waals surface area contributed by atoms with Crippen LogP contribution in [-0.2, 0) is 38.5 Å². The zero-order valence-corrected chi connectivity index (χ0v) is 28.1. The molecule has 1 aromatic carbocycles. The highest BCUT2D eigenvalue weighted by Crippen LogP contribution is 2.40. The van der Waals surface area contributed by atoms with Gasteiger partial charge in [-0.15, -0.1) is 0 Å². The Hall–Kier alpha value is -3.59. The average molecular weight is 694 g/mol. The number of aromatic nitrogens is 3. The molecule has 47 heavy (non-hydrogen) atoms. The fourth-order valence-electron chi connectivity index (χ4n) is 6.06. The monoisotopic (exact) mass is 693 g/mol. The van der Waals surface area contributed by atoms with Gasteiger partial charge in [-0.1, -0.05) is 63.0 Å². The van der Waals surface area contributed by atoms with Crippen molar-refractivity contribution in [1.29, 1.82) is 0 Å². The fourth-order valence-corrected chi connectivity index (χ4v) is 8.56. The number of hydrogen-bond acceptors (Lipinski definition) is 10. The van der Waals surface area contributed by atoms with Crippen LogP contribution in [0.2, 0.25) is 0 Å². The lowest BCUT2D eigenvalue weighted by Crippen LogP contribution is -2.36. The number of carbonyl (C=O) groups excluding carboxylic acids is 2. The first-order valence-electron chi connectivity index (χ1n) is 15.7. The topological polar surface area (TPSA) is 131 Å². The molecule has 0 spiro atoms. The molecule has 1 N–H and O–H groups in total. The second kappa shape index (κ2) is 14.3. The maximum Gasteiger partial charge on any atom is 0.434 e. The maximum atomic E-state index is 13.9. The molecule has 10 nitrogen and oxygen atoms in total. The van der Waals surface area contributed by atoms with E-state index in [9.17, 15) is 31.2 Å². The van der Waals surface area contributed by atoms with E-state index < -0.39 is 33.2 Å². The lowest BCUT2D eigenvalue weighted by Gasteiger charge is -2.34. The van der Waals surface area contributed by atoms with Crippen molar-refractivity contribution in [2.45, 2.75) is 82.8 Å². The summed E-state index contributed by atoms with van der Waals surface area (Å²) in [5.41, 5.74) is -0.712. The van der Waals surface area contributed by atoms with Gasteiger partial charge in [-0.25, -0.2) is 28.2 Å². The molecule has 0 bridgehead atoms. The van der Waals surface area contributed by atoms with Gasteiger partial charge >= 0.3 is 12.1 Å². The first-order valence-corrected chi connectivity index (χ1v) is 18.2. The van der Waals surface area contributed by atoms with Crippen LogP contribution in [0.25, 0.3) is 0 Å². The van der Waals surface area contributed by atoms with Gasteiger partial charge in [0.25, 0.3) is 0 Å². The number of rotatable bonds is 11. The normalized spacial score (nSPS) is 17.2. The van der Waals surface area contributed by atoms with Crippen LogP contribution in [0.4, 0.5) is 24.3 Å². The minimum atomic E-state index is -4.90. The summed E-state index contributed by atoms with van der Waals surface area (Å²) >= 11 is 1.22. The lowest BCUT2D eigenvalue weighted by molar-refractivity contribution is -0.141. The Balaban J connectivity index is 1.27. The van der Waals surface area contributed by atoms with Crippen LogP contribution in [0, 0.1) is 11.8 Å². The number of alkyl halides is 3. The van der Waals surface area contributed by atoms with E-state index in [1.54, 1.807) is 29.2 Å². The van der Waals surface area contributed by atoms with Crippen LogP contribution < -0.4 is 10.2 Å². The summed E-state index contributed by atoms with van der Waals surface area (Å²) in [5, 5.41) is 3.17. The molecule has 1 aliphatic heterocycles. The highest BCUT2D eigenvalue weighted by atomic mass is 32.2. The lowest BCUT2D eigenvalue weighted by atomic mass is 9.89. The van der Waals surface area contributed by atoms with Gasteiger partial charge in [-0.2, -0.15) is 13.2 Å². The molecule has 3 heterocycles. The molecule has 0 saturated heterocycles. The van der Waals surface area contributed by atoms with Crippen molar-refractivity contribution in [1.82, 2.24) is 15.0 Å². The Morgan fingerprint density at radius 3 is 2.47 bits per heavy atom. The van der Waals surface area contributed by atoms with Crippen LogP contribution in [0.1, 0.15) is 91.0 Å². The Morgan fingerprint density at radius 1 is 1.13 bits per heavy atom. The van der Waals surface area contributed by atoms with E-state index in [4.69, 9.17) is 4.74 Å². The summed E-state index contributed by atoms with van der Waals surface area (Å²) in [5.74, 6) is -1.20. The molecule has 1 unspecified atom stereocenters. The van der Waals surface area contributed by atoms with E-state index >= 15 is 0 Å². The SMILES string of the molecule is CCOC(=O)c1cnc(N2Cc3sc(NC(=O)Cc4ccc(S(=O)(=O)CCC5CCCC5)cc4)nc3C(C(C)C)C2)nc1C(F)(F)F. The number of esters is 1. The number of amides is 1. The van der Waals surface area contributed by atoms with Crippen molar-refractivity contribution < 1.29 is 35.9 Å². The minimum absolute atomic E-state index is 0.00720. The summed E-state index contributed by atoms with van der Waals surface area (Å²) in [7, 11) is -3.40. The number of anilines is 2. The van der Waals surface area contributed by atoms with Gasteiger partial charge in [-0.05, 0) is 42.9 Å². The van der Waals surface area contributed by atoms with Crippen LogP contribution >= 0.6 is 11.3 Å². The van der Waals surface area contributed by atoms with E-state index in [1.165, 1.54) is 18.3 Å².